The van der Waals surface area contributed by atoms with Crippen molar-refractivity contribution in [3.63, 3.8) is 0 Å². The Morgan fingerprint density at radius 1 is 1.04 bits per heavy atom. The lowest BCUT2D eigenvalue weighted by Gasteiger charge is -2.52. The Hall–Kier alpha value is -0.610. The van der Waals surface area contributed by atoms with Crippen LogP contribution in [0.15, 0.2) is 0 Å². The van der Waals surface area contributed by atoms with Gasteiger partial charge in [-0.2, -0.15) is 5.06 Å². The molecule has 4 heteroatoms. The van der Waals surface area contributed by atoms with Crippen molar-refractivity contribution in [3.05, 3.63) is 5.21 Å². The molecule has 0 unspecified atom stereocenters. The number of piperidine rings is 1. The Bertz CT molecular complexity index is 398. The lowest BCUT2D eigenvalue weighted by atomic mass is 9.79. The average molecular weight is 355 g/mol. The third-order valence-corrected chi connectivity index (χ3v) is 5.09. The lowest BCUT2D eigenvalue weighted by molar-refractivity contribution is -0.518. The molecule has 0 radical (unpaired) electrons. The molecule has 1 saturated heterocycles. The van der Waals surface area contributed by atoms with E-state index in [1.165, 1.54) is 36.8 Å². The maximum absolute atomic E-state index is 12.5. The molecule has 0 atom stereocenters. The zero-order chi connectivity index (χ0) is 19.1. The van der Waals surface area contributed by atoms with E-state index in [1.54, 1.807) is 0 Å². The summed E-state index contributed by atoms with van der Waals surface area (Å²) in [6.45, 7) is 15.9. The highest BCUT2D eigenvalue weighted by Crippen LogP contribution is 2.39. The number of hydrogen-bond donors (Lipinski definition) is 0. The van der Waals surface area contributed by atoms with Crippen molar-refractivity contribution in [1.82, 2.24) is 5.06 Å². The summed E-state index contributed by atoms with van der Waals surface area (Å²) >= 11 is 0. The van der Waals surface area contributed by atoms with Crippen molar-refractivity contribution in [2.75, 3.05) is 6.61 Å². The average Bonchev–Trinajstić information content (AvgIpc) is 2.46. The van der Waals surface area contributed by atoms with Crippen LogP contribution in [-0.4, -0.2) is 39.7 Å². The minimum absolute atomic E-state index is 0.0290. The van der Waals surface area contributed by atoms with Gasteiger partial charge in [0.1, 0.15) is 0 Å². The van der Waals surface area contributed by atoms with Gasteiger partial charge in [-0.05, 0) is 34.1 Å². The van der Waals surface area contributed by atoms with E-state index < -0.39 is 0 Å². The molecule has 0 spiro atoms. The molecule has 0 aliphatic carbocycles. The first-order chi connectivity index (χ1) is 11.6. The first kappa shape index (κ1) is 22.4. The normalized spacial score (nSPS) is 21.8. The minimum Gasteiger partial charge on any atom is -0.624 e. The summed E-state index contributed by atoms with van der Waals surface area (Å²) in [6, 6.07) is 0.0290. The van der Waals surface area contributed by atoms with Gasteiger partial charge in [-0.3, -0.25) is 4.84 Å². The van der Waals surface area contributed by atoms with E-state index in [-0.39, 0.29) is 23.0 Å². The molecule has 25 heavy (non-hydrogen) atoms. The molecule has 1 aliphatic heterocycles. The fourth-order valence-corrected chi connectivity index (χ4v) is 4.19. The van der Waals surface area contributed by atoms with E-state index in [4.69, 9.17) is 4.84 Å². The second-order valence-corrected chi connectivity index (χ2v) is 9.34. The number of nitrogens with zero attached hydrogens (tertiary/aromatic N) is 2. The minimum atomic E-state index is -0.137. The van der Waals surface area contributed by atoms with Crippen LogP contribution in [0, 0.1) is 11.1 Å². The summed E-state index contributed by atoms with van der Waals surface area (Å²) in [5.74, 6) is 0.283. The summed E-state index contributed by atoms with van der Waals surface area (Å²) in [4.78, 5) is 6.23. The first-order valence-corrected chi connectivity index (χ1v) is 10.3. The second kappa shape index (κ2) is 9.91. The van der Waals surface area contributed by atoms with Gasteiger partial charge in [0.25, 0.3) is 0 Å². The zero-order valence-electron chi connectivity index (χ0n) is 17.8. The van der Waals surface area contributed by atoms with Crippen molar-refractivity contribution < 1.29 is 9.58 Å². The van der Waals surface area contributed by atoms with Crippen molar-refractivity contribution in [2.45, 2.75) is 117 Å². The van der Waals surface area contributed by atoms with E-state index in [9.17, 15) is 5.21 Å². The SMILES string of the molecule is CCCCCCCCON1C(C)(C)CC(/[N+]([O-])=C\C(C)C)CC1(C)C. The van der Waals surface area contributed by atoms with Crippen molar-refractivity contribution in [1.29, 1.82) is 0 Å². The van der Waals surface area contributed by atoms with E-state index in [1.807, 2.05) is 6.21 Å². The first-order valence-electron chi connectivity index (χ1n) is 10.3. The Morgan fingerprint density at radius 3 is 2.08 bits per heavy atom. The van der Waals surface area contributed by atoms with E-state index >= 15 is 0 Å². The molecule has 0 N–H and O–H groups in total. The van der Waals surface area contributed by atoms with Gasteiger partial charge in [0.15, 0.2) is 12.3 Å². The van der Waals surface area contributed by atoms with Crippen molar-refractivity contribution in [2.24, 2.45) is 5.92 Å². The van der Waals surface area contributed by atoms with E-state index in [2.05, 4.69) is 53.5 Å². The van der Waals surface area contributed by atoms with Crippen LogP contribution in [0.25, 0.3) is 0 Å². The van der Waals surface area contributed by atoms with Gasteiger partial charge in [0, 0.05) is 29.8 Å². The second-order valence-electron chi connectivity index (χ2n) is 9.34. The summed E-state index contributed by atoms with van der Waals surface area (Å²) in [6.07, 6.45) is 11.1. The maximum Gasteiger partial charge on any atom is 0.166 e. The van der Waals surface area contributed by atoms with Gasteiger partial charge in [0.05, 0.1) is 6.61 Å². The number of hydroxylamine groups is 3. The molecule has 1 aliphatic rings. The lowest BCUT2D eigenvalue weighted by Crippen LogP contribution is -2.62. The zero-order valence-corrected chi connectivity index (χ0v) is 17.8. The van der Waals surface area contributed by atoms with Gasteiger partial charge >= 0.3 is 0 Å². The molecular weight excluding hydrogens is 312 g/mol. The summed E-state index contributed by atoms with van der Waals surface area (Å²) in [5.41, 5.74) is -0.274. The Morgan fingerprint density at radius 2 is 1.56 bits per heavy atom. The number of hydrogen-bond acceptors (Lipinski definition) is 3. The van der Waals surface area contributed by atoms with Crippen LogP contribution >= 0.6 is 0 Å². The highest BCUT2D eigenvalue weighted by molar-refractivity contribution is 5.53. The Kier molecular flexibility index (Phi) is 8.90. The molecule has 0 aromatic heterocycles. The third-order valence-electron chi connectivity index (χ3n) is 5.09. The van der Waals surface area contributed by atoms with Crippen molar-refractivity contribution >= 4 is 6.21 Å². The molecule has 1 fully saturated rings. The van der Waals surface area contributed by atoms with Crippen LogP contribution in [-0.2, 0) is 4.84 Å². The van der Waals surface area contributed by atoms with Crippen LogP contribution in [0.1, 0.15) is 99.8 Å². The van der Waals surface area contributed by atoms with Gasteiger partial charge in [-0.15, -0.1) is 0 Å². The van der Waals surface area contributed by atoms with Gasteiger partial charge < -0.3 is 5.21 Å². The molecule has 4 nitrogen and oxygen atoms in total. The quantitative estimate of drug-likeness (QED) is 0.170. The summed E-state index contributed by atoms with van der Waals surface area (Å²) in [7, 11) is 0. The van der Waals surface area contributed by atoms with Crippen molar-refractivity contribution in [3.8, 4) is 0 Å². The molecule has 0 saturated carbocycles. The molecule has 0 bridgehead atoms. The molecule has 0 amide bonds. The molecule has 0 aromatic rings. The van der Waals surface area contributed by atoms with Crippen LogP contribution in [0.2, 0.25) is 0 Å². The van der Waals surface area contributed by atoms with Crippen LogP contribution < -0.4 is 0 Å². The molecule has 1 heterocycles. The van der Waals surface area contributed by atoms with Crippen LogP contribution in [0.4, 0.5) is 0 Å². The fraction of sp³-hybridized carbons (Fsp3) is 0.952. The Balaban J connectivity index is 2.58. The highest BCUT2D eigenvalue weighted by Gasteiger charge is 2.49. The standard InChI is InChI=1S/C21H42N2O2/c1-8-9-10-11-12-13-14-25-23-20(4,5)15-19(16-21(23,6)7)22(24)17-18(2)3/h17-19H,8-16H2,1-7H3/b22-17+. The third kappa shape index (κ3) is 7.26. The van der Waals surface area contributed by atoms with Crippen LogP contribution in [0.5, 0.6) is 0 Å². The highest BCUT2D eigenvalue weighted by atomic mass is 16.7. The molecule has 0 aromatic carbocycles. The predicted molar refractivity (Wildman–Crippen MR) is 107 cm³/mol. The monoisotopic (exact) mass is 354 g/mol. The fourth-order valence-electron chi connectivity index (χ4n) is 4.19. The molecular formula is C21H42N2O2. The topological polar surface area (TPSA) is 38.5 Å². The smallest absolute Gasteiger partial charge is 0.166 e. The Labute approximate surface area is 156 Å². The molecule has 1 rings (SSSR count). The van der Waals surface area contributed by atoms with Gasteiger partial charge in [-0.25, -0.2) is 4.74 Å². The number of rotatable bonds is 10. The maximum atomic E-state index is 12.5. The molecule has 148 valence electrons. The largest absolute Gasteiger partial charge is 0.624 e. The van der Waals surface area contributed by atoms with Gasteiger partial charge in [0.2, 0.25) is 0 Å². The predicted octanol–water partition coefficient (Wildman–Crippen LogP) is 5.54. The van der Waals surface area contributed by atoms with Crippen LogP contribution in [0.3, 0.4) is 0 Å². The van der Waals surface area contributed by atoms with E-state index in [0.717, 1.165) is 25.9 Å². The summed E-state index contributed by atoms with van der Waals surface area (Å²) < 4.78 is 1.19. The summed E-state index contributed by atoms with van der Waals surface area (Å²) in [5, 5.41) is 14.7. The number of unbranched alkanes of at least 4 members (excludes halogenated alkanes) is 5. The van der Waals surface area contributed by atoms with Gasteiger partial charge in [-0.1, -0.05) is 52.9 Å². The van der Waals surface area contributed by atoms with E-state index in [0.29, 0.717) is 0 Å².